The third kappa shape index (κ3) is 3.66. The maximum Gasteiger partial charge on any atom is 0.272 e. The highest BCUT2D eigenvalue weighted by atomic mass is 32.2. The zero-order valence-corrected chi connectivity index (χ0v) is 20.5. The van der Waals surface area contributed by atoms with Gasteiger partial charge in [0, 0.05) is 17.4 Å². The number of benzene rings is 1. The summed E-state index contributed by atoms with van der Waals surface area (Å²) in [4.78, 5) is 21.3. The van der Waals surface area contributed by atoms with Crippen molar-refractivity contribution in [2.75, 3.05) is 11.9 Å². The molecular weight excluding hydrogens is 523 g/mol. The fourth-order valence-corrected chi connectivity index (χ4v) is 6.36. The highest BCUT2D eigenvalue weighted by Gasteiger charge is 2.87. The Morgan fingerprint density at radius 3 is 2.82 bits per heavy atom. The summed E-state index contributed by atoms with van der Waals surface area (Å²) in [6.45, 7) is 0.659. The zero-order valence-electron chi connectivity index (χ0n) is 19.7. The molecular formula is C24H20F3N7O3S. The fraction of sp³-hybridized carbons (Fsp3) is 0.292. The van der Waals surface area contributed by atoms with Crippen LogP contribution < -0.4 is 15.8 Å². The Bertz CT molecular complexity index is 1570. The molecule has 0 saturated heterocycles. The van der Waals surface area contributed by atoms with Gasteiger partial charge in [-0.15, -0.1) is 0 Å². The van der Waals surface area contributed by atoms with Crippen LogP contribution in [0.4, 0.5) is 24.7 Å². The number of rotatable bonds is 7. The van der Waals surface area contributed by atoms with Gasteiger partial charge in [0.15, 0.2) is 17.6 Å². The molecule has 6 rings (SSSR count). The van der Waals surface area contributed by atoms with Gasteiger partial charge in [0.1, 0.15) is 22.3 Å². The molecule has 196 valence electrons. The predicted octanol–water partition coefficient (Wildman–Crippen LogP) is 3.75. The second-order valence-corrected chi connectivity index (χ2v) is 10.4. The number of hydrogen-bond acceptors (Lipinski definition) is 11. The number of aliphatic hydroxyl groups is 1. The molecule has 1 saturated carbocycles. The van der Waals surface area contributed by atoms with E-state index >= 15 is 4.39 Å². The summed E-state index contributed by atoms with van der Waals surface area (Å²) in [5, 5.41) is 12.7. The molecule has 4 N–H and O–H groups in total. The molecule has 38 heavy (non-hydrogen) atoms. The summed E-state index contributed by atoms with van der Waals surface area (Å²) >= 11 is 0.630. The molecule has 14 heteroatoms. The number of alkyl halides is 2. The number of nitrogens with one attached hydrogen (secondary N) is 1. The van der Waals surface area contributed by atoms with E-state index < -0.39 is 34.6 Å². The van der Waals surface area contributed by atoms with Gasteiger partial charge in [-0.05, 0) is 31.2 Å². The monoisotopic (exact) mass is 543 g/mol. The molecule has 1 aromatic carbocycles. The first-order chi connectivity index (χ1) is 18.2. The van der Waals surface area contributed by atoms with Crippen LogP contribution in [0.25, 0.3) is 11.0 Å². The summed E-state index contributed by atoms with van der Waals surface area (Å²) in [6, 6.07) is 5.63. The van der Waals surface area contributed by atoms with Crippen molar-refractivity contribution < 1.29 is 27.4 Å². The number of ether oxygens (including phenoxy) is 1. The third-order valence-corrected chi connectivity index (χ3v) is 8.08. The third-order valence-electron chi connectivity index (χ3n) is 6.77. The minimum Gasteiger partial charge on any atom is -0.467 e. The normalized spacial score (nSPS) is 25.5. The van der Waals surface area contributed by atoms with Crippen molar-refractivity contribution in [1.82, 2.24) is 19.9 Å². The summed E-state index contributed by atoms with van der Waals surface area (Å²) in [6.07, 6.45) is 5.86. The van der Waals surface area contributed by atoms with Crippen LogP contribution in [0.2, 0.25) is 0 Å². The standard InChI is InChI=1S/C24H20F3N7O3S/c1-22(20-23(11-35,24(20,26)27)38-21(28)34-22)13-8-12(2-3-14(13)25)32-19-18-15(4-5-30-19)33-16(9-31-18)37-10-17-29-6-7-36-17/h2-9,20,35H,10-11H2,1H3,(H2,28,34)(H,30,32)/t20-,22+,23+/m0/s1. The SMILES string of the molecule is C[C@]1(c2cc(Nc3nccc4nc(OCc5ncco5)cnc34)ccc2F)N=C(N)S[C@]2(CO)[C@H]1C2(F)F. The van der Waals surface area contributed by atoms with Gasteiger partial charge in [0.05, 0.1) is 36.0 Å². The van der Waals surface area contributed by atoms with Crippen molar-refractivity contribution in [3.05, 3.63) is 66.4 Å². The largest absolute Gasteiger partial charge is 0.467 e. The lowest BCUT2D eigenvalue weighted by molar-refractivity contribution is 0.0685. The molecule has 0 bridgehead atoms. The van der Waals surface area contributed by atoms with Gasteiger partial charge < -0.3 is 25.3 Å². The van der Waals surface area contributed by atoms with Crippen LogP contribution >= 0.6 is 11.8 Å². The lowest BCUT2D eigenvalue weighted by Crippen LogP contribution is -2.37. The Morgan fingerprint density at radius 1 is 1.21 bits per heavy atom. The van der Waals surface area contributed by atoms with E-state index in [1.807, 2.05) is 0 Å². The second-order valence-electron chi connectivity index (χ2n) is 9.07. The van der Waals surface area contributed by atoms with Crippen molar-refractivity contribution in [1.29, 1.82) is 0 Å². The quantitative estimate of drug-likeness (QED) is 0.315. The molecule has 0 radical (unpaired) electrons. The predicted molar refractivity (Wildman–Crippen MR) is 133 cm³/mol. The number of aliphatic imine (C=N–C) groups is 1. The van der Waals surface area contributed by atoms with E-state index in [1.165, 1.54) is 43.9 Å². The Labute approximate surface area is 217 Å². The highest BCUT2D eigenvalue weighted by molar-refractivity contribution is 8.15. The Balaban J connectivity index is 1.31. The summed E-state index contributed by atoms with van der Waals surface area (Å²) in [7, 11) is 0. The molecule has 3 aromatic heterocycles. The van der Waals surface area contributed by atoms with Crippen LogP contribution in [-0.4, -0.2) is 47.5 Å². The Morgan fingerprint density at radius 2 is 2.05 bits per heavy atom. The number of hydrogen-bond donors (Lipinski definition) is 3. The zero-order chi connectivity index (χ0) is 26.7. The molecule has 3 atom stereocenters. The Hall–Kier alpha value is -3.91. The average Bonchev–Trinajstić information content (AvgIpc) is 3.19. The topological polar surface area (TPSA) is 145 Å². The number of oxazole rings is 1. The number of thioether (sulfide) groups is 1. The lowest BCUT2D eigenvalue weighted by Gasteiger charge is -2.32. The molecule has 0 unspecified atom stereocenters. The minimum atomic E-state index is -3.29. The number of nitrogens with two attached hydrogens (primary N) is 1. The molecule has 0 spiro atoms. The molecule has 0 amide bonds. The van der Waals surface area contributed by atoms with Gasteiger partial charge in [0.25, 0.3) is 5.92 Å². The van der Waals surface area contributed by atoms with Gasteiger partial charge >= 0.3 is 0 Å². The van der Waals surface area contributed by atoms with E-state index in [1.54, 1.807) is 6.07 Å². The van der Waals surface area contributed by atoms with E-state index in [2.05, 4.69) is 30.2 Å². The van der Waals surface area contributed by atoms with Crippen LogP contribution in [0.5, 0.6) is 5.88 Å². The number of nitrogens with zero attached hydrogens (tertiary/aromatic N) is 5. The summed E-state index contributed by atoms with van der Waals surface area (Å²) in [5.41, 5.74) is 5.31. The second kappa shape index (κ2) is 8.56. The molecule has 4 heterocycles. The van der Waals surface area contributed by atoms with Crippen LogP contribution in [-0.2, 0) is 12.1 Å². The number of halogens is 3. The van der Waals surface area contributed by atoms with Gasteiger partial charge in [-0.2, -0.15) is 0 Å². The number of fused-ring (bicyclic) bond motifs is 2. The smallest absolute Gasteiger partial charge is 0.272 e. The molecule has 1 aliphatic heterocycles. The van der Waals surface area contributed by atoms with E-state index in [0.29, 0.717) is 40.2 Å². The average molecular weight is 544 g/mol. The maximum atomic E-state index is 15.1. The van der Waals surface area contributed by atoms with E-state index in [-0.39, 0.29) is 23.2 Å². The molecule has 2 aliphatic rings. The van der Waals surface area contributed by atoms with Crippen molar-refractivity contribution in [2.45, 2.75) is 29.7 Å². The molecule has 4 aromatic rings. The number of pyridine rings is 1. The van der Waals surface area contributed by atoms with Crippen molar-refractivity contribution in [3.8, 4) is 5.88 Å². The number of anilines is 2. The van der Waals surface area contributed by atoms with Crippen LogP contribution in [0.3, 0.4) is 0 Å². The van der Waals surface area contributed by atoms with E-state index in [4.69, 9.17) is 14.9 Å². The number of aliphatic hydroxyl groups excluding tert-OH is 1. The van der Waals surface area contributed by atoms with Crippen LogP contribution in [0.1, 0.15) is 18.4 Å². The first kappa shape index (κ1) is 24.4. The van der Waals surface area contributed by atoms with Crippen LogP contribution in [0.15, 0.2) is 58.5 Å². The number of aromatic nitrogens is 4. The number of amidine groups is 1. The van der Waals surface area contributed by atoms with Gasteiger partial charge in [-0.1, -0.05) is 11.8 Å². The molecule has 10 nitrogen and oxygen atoms in total. The highest BCUT2D eigenvalue weighted by Crippen LogP contribution is 2.74. The van der Waals surface area contributed by atoms with E-state index in [9.17, 15) is 13.9 Å². The Kier molecular flexibility index (Phi) is 5.50. The summed E-state index contributed by atoms with van der Waals surface area (Å²) in [5.74, 6) is -4.52. The minimum absolute atomic E-state index is 0.0730. The van der Waals surface area contributed by atoms with Gasteiger partial charge in [-0.3, -0.25) is 4.99 Å². The first-order valence-corrected chi connectivity index (χ1v) is 12.2. The van der Waals surface area contributed by atoms with Gasteiger partial charge in [0.2, 0.25) is 11.8 Å². The lowest BCUT2D eigenvalue weighted by atomic mass is 9.85. The van der Waals surface area contributed by atoms with E-state index in [0.717, 1.165) is 6.07 Å². The van der Waals surface area contributed by atoms with Crippen molar-refractivity contribution in [3.63, 3.8) is 0 Å². The van der Waals surface area contributed by atoms with Crippen molar-refractivity contribution in [2.24, 2.45) is 16.6 Å². The van der Waals surface area contributed by atoms with Crippen molar-refractivity contribution >= 4 is 39.5 Å². The fourth-order valence-electron chi connectivity index (χ4n) is 4.99. The summed E-state index contributed by atoms with van der Waals surface area (Å²) < 4.78 is 53.8. The first-order valence-electron chi connectivity index (χ1n) is 11.4. The van der Waals surface area contributed by atoms with Gasteiger partial charge in [-0.25, -0.2) is 33.1 Å². The van der Waals surface area contributed by atoms with Crippen LogP contribution in [0, 0.1) is 11.7 Å². The molecule has 1 aliphatic carbocycles. The molecule has 1 fully saturated rings. The maximum absolute atomic E-state index is 15.1.